The van der Waals surface area contributed by atoms with E-state index in [1.54, 1.807) is 0 Å². The second kappa shape index (κ2) is 7.31. The molecule has 1 fully saturated rings. The SMILES string of the molecule is COC(=O)C1CCCN1c1nc(Nc2cc(C(C)C)[nH]n2)c2c(n1)C(C)(C)CC2. The van der Waals surface area contributed by atoms with Crippen molar-refractivity contribution in [3.8, 4) is 0 Å². The molecule has 1 saturated heterocycles. The number of esters is 1. The molecular weight excluding hydrogens is 368 g/mol. The minimum Gasteiger partial charge on any atom is -0.467 e. The molecule has 3 heterocycles. The van der Waals surface area contributed by atoms with Crippen LogP contribution >= 0.6 is 0 Å². The highest BCUT2D eigenvalue weighted by molar-refractivity contribution is 5.80. The zero-order valence-electron chi connectivity index (χ0n) is 17.9. The molecule has 2 aliphatic rings. The van der Waals surface area contributed by atoms with E-state index in [4.69, 9.17) is 14.7 Å². The molecule has 1 aliphatic heterocycles. The Kier molecular flexibility index (Phi) is 4.96. The van der Waals surface area contributed by atoms with Crippen molar-refractivity contribution in [3.05, 3.63) is 23.0 Å². The van der Waals surface area contributed by atoms with Crippen molar-refractivity contribution >= 4 is 23.6 Å². The molecule has 4 rings (SSSR count). The molecule has 29 heavy (non-hydrogen) atoms. The van der Waals surface area contributed by atoms with Gasteiger partial charge < -0.3 is 15.0 Å². The van der Waals surface area contributed by atoms with E-state index >= 15 is 0 Å². The monoisotopic (exact) mass is 398 g/mol. The highest BCUT2D eigenvalue weighted by Crippen LogP contribution is 2.42. The summed E-state index contributed by atoms with van der Waals surface area (Å²) < 4.78 is 5.00. The predicted octanol–water partition coefficient (Wildman–Crippen LogP) is 3.43. The first kappa shape index (κ1) is 19.7. The molecule has 2 aromatic rings. The molecule has 8 nitrogen and oxygen atoms in total. The molecule has 0 bridgehead atoms. The summed E-state index contributed by atoms with van der Waals surface area (Å²) in [5, 5.41) is 10.9. The van der Waals surface area contributed by atoms with Gasteiger partial charge in [-0.05, 0) is 31.6 Å². The summed E-state index contributed by atoms with van der Waals surface area (Å²) >= 11 is 0. The summed E-state index contributed by atoms with van der Waals surface area (Å²) in [4.78, 5) is 24.0. The number of carbonyl (C=O) groups is 1. The van der Waals surface area contributed by atoms with Crippen LogP contribution in [0.1, 0.15) is 69.8 Å². The van der Waals surface area contributed by atoms with Gasteiger partial charge in [-0.3, -0.25) is 5.10 Å². The number of hydrogen-bond donors (Lipinski definition) is 2. The number of nitrogens with one attached hydrogen (secondary N) is 2. The Balaban J connectivity index is 1.74. The molecule has 1 unspecified atom stereocenters. The van der Waals surface area contributed by atoms with Crippen molar-refractivity contribution in [2.45, 2.75) is 70.8 Å². The van der Waals surface area contributed by atoms with Gasteiger partial charge in [0.05, 0.1) is 12.8 Å². The Labute approximate surface area is 171 Å². The number of rotatable bonds is 5. The summed E-state index contributed by atoms with van der Waals surface area (Å²) in [6.45, 7) is 9.43. The average molecular weight is 399 g/mol. The van der Waals surface area contributed by atoms with Gasteiger partial charge in [-0.1, -0.05) is 27.7 Å². The quantitative estimate of drug-likeness (QED) is 0.745. The third-order valence-corrected chi connectivity index (χ3v) is 6.09. The Hall–Kier alpha value is -2.64. The standard InChI is InChI=1S/C21H30N6O2/c1-12(2)14-11-16(26-25-14)22-18-13-8-9-21(3,4)17(13)23-20(24-18)27-10-6-7-15(27)19(28)29-5/h11-12,15H,6-10H2,1-5H3,(H2,22,23,24,25,26). The largest absolute Gasteiger partial charge is 0.467 e. The normalized spacial score (nSPS) is 20.2. The first-order chi connectivity index (χ1) is 13.8. The molecule has 8 heteroatoms. The topological polar surface area (TPSA) is 96.0 Å². The van der Waals surface area contributed by atoms with Crippen LogP contribution in [-0.2, 0) is 21.4 Å². The Morgan fingerprint density at radius 3 is 2.86 bits per heavy atom. The van der Waals surface area contributed by atoms with E-state index < -0.39 is 0 Å². The fourth-order valence-corrected chi connectivity index (χ4v) is 4.26. The third-order valence-electron chi connectivity index (χ3n) is 6.09. The van der Waals surface area contributed by atoms with Crippen molar-refractivity contribution in [1.29, 1.82) is 0 Å². The lowest BCUT2D eigenvalue weighted by atomic mass is 9.91. The van der Waals surface area contributed by atoms with Crippen LogP contribution in [0.5, 0.6) is 0 Å². The molecule has 0 spiro atoms. The van der Waals surface area contributed by atoms with Gasteiger partial charge in [0.2, 0.25) is 5.95 Å². The lowest BCUT2D eigenvalue weighted by Crippen LogP contribution is -2.38. The van der Waals surface area contributed by atoms with E-state index in [0.29, 0.717) is 11.9 Å². The Morgan fingerprint density at radius 1 is 1.38 bits per heavy atom. The summed E-state index contributed by atoms with van der Waals surface area (Å²) in [6.07, 6.45) is 3.63. The van der Waals surface area contributed by atoms with Gasteiger partial charge in [0.1, 0.15) is 11.9 Å². The molecule has 0 saturated carbocycles. The first-order valence-electron chi connectivity index (χ1n) is 10.4. The predicted molar refractivity (Wildman–Crippen MR) is 112 cm³/mol. The fourth-order valence-electron chi connectivity index (χ4n) is 4.26. The summed E-state index contributed by atoms with van der Waals surface area (Å²) in [5.74, 6) is 2.26. The molecule has 1 aliphatic carbocycles. The van der Waals surface area contributed by atoms with Crippen LogP contribution in [0.25, 0.3) is 0 Å². The highest BCUT2D eigenvalue weighted by atomic mass is 16.5. The Morgan fingerprint density at radius 2 is 2.17 bits per heavy atom. The molecule has 2 aromatic heterocycles. The molecule has 0 aromatic carbocycles. The number of H-pyrrole nitrogens is 1. The van der Waals surface area contributed by atoms with Gasteiger partial charge in [-0.25, -0.2) is 9.78 Å². The van der Waals surface area contributed by atoms with Gasteiger partial charge >= 0.3 is 5.97 Å². The van der Waals surface area contributed by atoms with E-state index in [-0.39, 0.29) is 17.4 Å². The van der Waals surface area contributed by atoms with Crippen molar-refractivity contribution in [3.63, 3.8) is 0 Å². The first-order valence-corrected chi connectivity index (χ1v) is 10.4. The van der Waals surface area contributed by atoms with Crippen molar-refractivity contribution in [2.75, 3.05) is 23.9 Å². The highest BCUT2D eigenvalue weighted by Gasteiger charge is 2.38. The smallest absolute Gasteiger partial charge is 0.328 e. The van der Waals surface area contributed by atoms with Crippen molar-refractivity contribution < 1.29 is 9.53 Å². The Bertz CT molecular complexity index is 920. The maximum Gasteiger partial charge on any atom is 0.328 e. The number of methoxy groups -OCH3 is 1. The molecule has 0 amide bonds. The van der Waals surface area contributed by atoms with Crippen LogP contribution in [-0.4, -0.2) is 45.8 Å². The number of nitrogens with zero attached hydrogens (tertiary/aromatic N) is 4. The average Bonchev–Trinajstić information content (AvgIpc) is 3.40. The number of fused-ring (bicyclic) bond motifs is 1. The zero-order valence-corrected chi connectivity index (χ0v) is 17.9. The molecule has 156 valence electrons. The number of hydrogen-bond acceptors (Lipinski definition) is 7. The van der Waals surface area contributed by atoms with Crippen LogP contribution < -0.4 is 10.2 Å². The van der Waals surface area contributed by atoms with Crippen molar-refractivity contribution in [1.82, 2.24) is 20.2 Å². The number of aromatic amines is 1. The van der Waals surface area contributed by atoms with Crippen LogP contribution in [0.2, 0.25) is 0 Å². The van der Waals surface area contributed by atoms with E-state index in [1.165, 1.54) is 7.11 Å². The summed E-state index contributed by atoms with van der Waals surface area (Å²) in [7, 11) is 1.43. The van der Waals surface area contributed by atoms with Crippen LogP contribution in [0.4, 0.5) is 17.6 Å². The van der Waals surface area contributed by atoms with E-state index in [2.05, 4.69) is 43.2 Å². The van der Waals surface area contributed by atoms with Gasteiger partial charge in [-0.15, -0.1) is 0 Å². The van der Waals surface area contributed by atoms with E-state index in [9.17, 15) is 4.79 Å². The fraction of sp³-hybridized carbons (Fsp3) is 0.619. The van der Waals surface area contributed by atoms with Crippen LogP contribution in [0, 0.1) is 0 Å². The number of carbonyl (C=O) groups excluding carboxylic acids is 1. The maximum atomic E-state index is 12.3. The lowest BCUT2D eigenvalue weighted by Gasteiger charge is -2.26. The van der Waals surface area contributed by atoms with Crippen LogP contribution in [0.15, 0.2) is 6.07 Å². The number of aromatic nitrogens is 4. The molecule has 0 radical (unpaired) electrons. The van der Waals surface area contributed by atoms with E-state index in [1.807, 2.05) is 11.0 Å². The molecular formula is C21H30N6O2. The second-order valence-corrected chi connectivity index (χ2v) is 8.95. The number of anilines is 3. The maximum absolute atomic E-state index is 12.3. The lowest BCUT2D eigenvalue weighted by molar-refractivity contribution is -0.141. The number of ether oxygens (including phenoxy) is 1. The van der Waals surface area contributed by atoms with Gasteiger partial charge in [0.15, 0.2) is 5.82 Å². The van der Waals surface area contributed by atoms with E-state index in [0.717, 1.165) is 60.8 Å². The summed E-state index contributed by atoms with van der Waals surface area (Å²) in [6, 6.07) is 1.69. The van der Waals surface area contributed by atoms with Gasteiger partial charge in [0.25, 0.3) is 0 Å². The van der Waals surface area contributed by atoms with Gasteiger partial charge in [0, 0.05) is 29.3 Å². The molecule has 1 atom stereocenters. The minimum absolute atomic E-state index is 0.0292. The van der Waals surface area contributed by atoms with Crippen molar-refractivity contribution in [2.24, 2.45) is 0 Å². The van der Waals surface area contributed by atoms with Crippen LogP contribution in [0.3, 0.4) is 0 Å². The second-order valence-electron chi connectivity index (χ2n) is 8.95. The summed E-state index contributed by atoms with van der Waals surface area (Å²) in [5.41, 5.74) is 3.24. The zero-order chi connectivity index (χ0) is 20.8. The minimum atomic E-state index is -0.326. The molecule has 2 N–H and O–H groups in total. The van der Waals surface area contributed by atoms with Gasteiger partial charge in [-0.2, -0.15) is 10.1 Å². The third kappa shape index (κ3) is 3.56.